The van der Waals surface area contributed by atoms with Gasteiger partial charge in [-0.25, -0.2) is 0 Å². The molecule has 1 aromatic carbocycles. The van der Waals surface area contributed by atoms with Gasteiger partial charge in [-0.15, -0.1) is 0 Å². The third-order valence-corrected chi connectivity index (χ3v) is 6.03. The zero-order valence-corrected chi connectivity index (χ0v) is 14.4. The van der Waals surface area contributed by atoms with E-state index in [1.807, 2.05) is 36.4 Å². The number of hydrogen-bond donors (Lipinski definition) is 0. The van der Waals surface area contributed by atoms with Crippen molar-refractivity contribution in [1.29, 1.82) is 0 Å². The molecule has 0 saturated heterocycles. The zero-order valence-electron chi connectivity index (χ0n) is 11.6. The van der Waals surface area contributed by atoms with Crippen molar-refractivity contribution in [2.75, 3.05) is 0 Å². The van der Waals surface area contributed by atoms with Crippen LogP contribution in [0.25, 0.3) is 0 Å². The molecule has 0 aliphatic heterocycles. The van der Waals surface area contributed by atoms with Crippen LogP contribution in [0.1, 0.15) is 26.3 Å². The van der Waals surface area contributed by atoms with E-state index in [1.165, 1.54) is 3.71 Å². The molecule has 3 nitrogen and oxygen atoms in total. The molecule has 0 fully saturated rings. The van der Waals surface area contributed by atoms with E-state index < -0.39 is 21.1 Å². The van der Waals surface area contributed by atoms with Gasteiger partial charge < -0.3 is 0 Å². The van der Waals surface area contributed by atoms with Crippen molar-refractivity contribution >= 4 is 24.9 Å². The summed E-state index contributed by atoms with van der Waals surface area (Å²) in [5.74, 6) is 0.680. The molecule has 4 heteroatoms. The van der Waals surface area contributed by atoms with Crippen molar-refractivity contribution in [3.63, 3.8) is 0 Å². The van der Waals surface area contributed by atoms with Crippen LogP contribution in [0.4, 0.5) is 0 Å². The van der Waals surface area contributed by atoms with Gasteiger partial charge in [0.15, 0.2) is 0 Å². The molecule has 1 heterocycles. The maximum atomic E-state index is 5.72. The second kappa shape index (κ2) is 6.37. The summed E-state index contributed by atoms with van der Waals surface area (Å²) in [4.78, 5) is 8.54. The molecule has 0 aliphatic rings. The molecule has 0 saturated carbocycles. The second-order valence-corrected chi connectivity index (χ2v) is 11.8. The van der Waals surface area contributed by atoms with Crippen molar-refractivity contribution < 1.29 is 4.74 Å². The molecule has 19 heavy (non-hydrogen) atoms. The van der Waals surface area contributed by atoms with Gasteiger partial charge in [0.25, 0.3) is 0 Å². The molecule has 0 bridgehead atoms. The van der Waals surface area contributed by atoms with Crippen molar-refractivity contribution in [1.82, 2.24) is 9.97 Å². The number of rotatable bonds is 4. The standard InChI is InChI=1S/C11H9N2O.C4H9.Sn/c1-2-4-10(5-3-1)8-14-11-6-7-12-9-13-11;1-4(2)3;/h1-6,9H,8H2;1-3H3;. The summed E-state index contributed by atoms with van der Waals surface area (Å²) in [5, 5.41) is 0. The Morgan fingerprint density at radius 1 is 1.11 bits per heavy atom. The van der Waals surface area contributed by atoms with E-state index in [4.69, 9.17) is 4.74 Å². The Morgan fingerprint density at radius 2 is 1.84 bits per heavy atom. The number of aromatic nitrogens is 2. The molecule has 2 aromatic rings. The van der Waals surface area contributed by atoms with Gasteiger partial charge in [0.2, 0.25) is 0 Å². The van der Waals surface area contributed by atoms with Gasteiger partial charge in [0.1, 0.15) is 0 Å². The van der Waals surface area contributed by atoms with Gasteiger partial charge in [-0.2, -0.15) is 0 Å². The SMILES string of the molecule is C[C](C)(C)[Sn][c]1cc(OCc2ccccc2)ncn1. The fourth-order valence-corrected chi connectivity index (χ4v) is 4.70. The normalized spacial score (nSPS) is 11.3. The average Bonchev–Trinajstić information content (AvgIpc) is 2.36. The van der Waals surface area contributed by atoms with Crippen LogP contribution in [-0.2, 0) is 6.61 Å². The summed E-state index contributed by atoms with van der Waals surface area (Å²) in [6, 6.07) is 12.1. The van der Waals surface area contributed by atoms with E-state index in [1.54, 1.807) is 6.33 Å². The van der Waals surface area contributed by atoms with Crippen LogP contribution in [0.3, 0.4) is 0 Å². The Labute approximate surface area is 124 Å². The van der Waals surface area contributed by atoms with E-state index in [-0.39, 0.29) is 0 Å². The molecule has 2 radical (unpaired) electrons. The van der Waals surface area contributed by atoms with Crippen LogP contribution in [0.2, 0.25) is 3.43 Å². The molecule has 0 spiro atoms. The van der Waals surface area contributed by atoms with Crippen molar-refractivity contribution in [3.8, 4) is 5.88 Å². The third kappa shape index (κ3) is 5.18. The van der Waals surface area contributed by atoms with Gasteiger partial charge in [-0.3, -0.25) is 0 Å². The Hall–Kier alpha value is -1.10. The molecule has 0 atom stereocenters. The summed E-state index contributed by atoms with van der Waals surface area (Å²) in [7, 11) is 0. The summed E-state index contributed by atoms with van der Waals surface area (Å²) < 4.78 is 7.30. The van der Waals surface area contributed by atoms with Crippen molar-refractivity contribution in [2.24, 2.45) is 0 Å². The van der Waals surface area contributed by atoms with Crippen molar-refractivity contribution in [3.05, 3.63) is 48.3 Å². The average molecular weight is 361 g/mol. The topological polar surface area (TPSA) is 35.0 Å². The molecule has 0 amide bonds. The Bertz CT molecular complexity index is 523. The van der Waals surface area contributed by atoms with E-state index in [2.05, 4.69) is 30.7 Å². The molecule has 2 rings (SSSR count). The summed E-state index contributed by atoms with van der Waals surface area (Å²) in [5.41, 5.74) is 1.15. The predicted octanol–water partition coefficient (Wildman–Crippen LogP) is 2.60. The van der Waals surface area contributed by atoms with Crippen molar-refractivity contribution in [2.45, 2.75) is 30.8 Å². The first-order chi connectivity index (χ1) is 9.03. The van der Waals surface area contributed by atoms with E-state index in [0.29, 0.717) is 15.9 Å². The zero-order chi connectivity index (χ0) is 13.7. The minimum absolute atomic E-state index is 0.383. The third-order valence-electron chi connectivity index (χ3n) is 2.37. The molecule has 0 N–H and O–H groups in total. The molecule has 0 aliphatic carbocycles. The van der Waals surface area contributed by atoms with Crippen LogP contribution in [0, 0.1) is 0 Å². The Balaban J connectivity index is 1.99. The van der Waals surface area contributed by atoms with Gasteiger partial charge in [-0.1, -0.05) is 0 Å². The van der Waals surface area contributed by atoms with Gasteiger partial charge in [-0.05, 0) is 0 Å². The van der Waals surface area contributed by atoms with Crippen LogP contribution >= 0.6 is 0 Å². The monoisotopic (exact) mass is 362 g/mol. The first kappa shape index (κ1) is 14.3. The quantitative estimate of drug-likeness (QED) is 0.786. The maximum absolute atomic E-state index is 5.72. The number of hydrogen-bond acceptors (Lipinski definition) is 3. The first-order valence-corrected chi connectivity index (χ1v) is 9.15. The fourth-order valence-electron chi connectivity index (χ4n) is 1.60. The van der Waals surface area contributed by atoms with E-state index in [9.17, 15) is 0 Å². The molecular weight excluding hydrogens is 343 g/mol. The molecule has 0 unspecified atom stereocenters. The molecule has 1 aromatic heterocycles. The van der Waals surface area contributed by atoms with Gasteiger partial charge in [0, 0.05) is 0 Å². The fraction of sp³-hybridized carbons (Fsp3) is 0.333. The van der Waals surface area contributed by atoms with E-state index in [0.717, 1.165) is 5.56 Å². The molecular formula is C15H18N2OSn. The van der Waals surface area contributed by atoms with Crippen LogP contribution in [-0.4, -0.2) is 31.1 Å². The first-order valence-electron chi connectivity index (χ1n) is 6.30. The Morgan fingerprint density at radius 3 is 2.53 bits per heavy atom. The van der Waals surface area contributed by atoms with Crippen LogP contribution in [0.5, 0.6) is 5.88 Å². The summed E-state index contributed by atoms with van der Waals surface area (Å²) in [6.45, 7) is 7.36. The second-order valence-electron chi connectivity index (χ2n) is 5.39. The van der Waals surface area contributed by atoms with Crippen LogP contribution in [0.15, 0.2) is 42.7 Å². The van der Waals surface area contributed by atoms with Crippen LogP contribution < -0.4 is 8.45 Å². The van der Waals surface area contributed by atoms with E-state index >= 15 is 0 Å². The van der Waals surface area contributed by atoms with Gasteiger partial charge in [0.05, 0.1) is 0 Å². The molecule has 98 valence electrons. The minimum atomic E-state index is -0.701. The Kier molecular flexibility index (Phi) is 4.80. The van der Waals surface area contributed by atoms with Gasteiger partial charge >= 0.3 is 125 Å². The summed E-state index contributed by atoms with van der Waals surface area (Å²) in [6.07, 6.45) is 1.61. The predicted molar refractivity (Wildman–Crippen MR) is 77.9 cm³/mol. The number of benzene rings is 1. The number of ether oxygens (including phenoxy) is 1. The number of nitrogens with zero attached hydrogens (tertiary/aromatic N) is 2. The summed E-state index contributed by atoms with van der Waals surface area (Å²) >= 11 is -0.701.